The lowest BCUT2D eigenvalue weighted by Gasteiger charge is -2.14. The highest BCUT2D eigenvalue weighted by Gasteiger charge is 2.17. The summed E-state index contributed by atoms with van der Waals surface area (Å²) in [7, 11) is 0. The molecule has 4 rings (SSSR count). The fraction of sp³-hybridized carbons (Fsp3) is 0.0909. The number of Topliss-reactive ketones (excluding diaryl/α,β-unsaturated/α-hetero) is 1. The van der Waals surface area contributed by atoms with Crippen LogP contribution in [0.15, 0.2) is 55.0 Å². The number of hydrogen-bond donors (Lipinski definition) is 2. The van der Waals surface area contributed by atoms with Crippen molar-refractivity contribution in [1.29, 1.82) is 0 Å². The average Bonchev–Trinajstić information content (AvgIpc) is 2.77. The number of aromatic hydroxyl groups is 1. The van der Waals surface area contributed by atoms with Gasteiger partial charge in [-0.3, -0.25) is 14.8 Å². The molecule has 0 aliphatic rings. The minimum absolute atomic E-state index is 0.0956. The summed E-state index contributed by atoms with van der Waals surface area (Å²) in [5.74, 6) is -1.56. The monoisotopic (exact) mass is 422 g/mol. The summed E-state index contributed by atoms with van der Waals surface area (Å²) in [6.45, 7) is 1.77. The van der Waals surface area contributed by atoms with Gasteiger partial charge in [-0.2, -0.15) is 0 Å². The molecule has 0 bridgehead atoms. The maximum Gasteiger partial charge on any atom is 0.170 e. The SMILES string of the molecule is CCC(=O)c1cnc2ccc(-c3cc(F)c(O)c(Cl)c3)nc2c1Nc1cccnc1. The molecule has 3 aromatic heterocycles. The predicted octanol–water partition coefficient (Wildman–Crippen LogP) is 5.53. The van der Waals surface area contributed by atoms with Crippen LogP contribution >= 0.6 is 11.6 Å². The van der Waals surface area contributed by atoms with Gasteiger partial charge in [0.1, 0.15) is 5.52 Å². The Balaban J connectivity index is 1.93. The minimum Gasteiger partial charge on any atom is -0.504 e. The molecule has 8 heteroatoms. The zero-order chi connectivity index (χ0) is 21.3. The van der Waals surface area contributed by atoms with Gasteiger partial charge >= 0.3 is 0 Å². The number of pyridine rings is 3. The van der Waals surface area contributed by atoms with Crippen LogP contribution in [0.1, 0.15) is 23.7 Å². The van der Waals surface area contributed by atoms with E-state index in [0.717, 1.165) is 6.07 Å². The molecule has 0 saturated carbocycles. The molecule has 4 aromatic rings. The molecule has 0 aliphatic carbocycles. The molecule has 0 unspecified atom stereocenters. The van der Waals surface area contributed by atoms with Gasteiger partial charge in [-0.25, -0.2) is 9.37 Å². The molecular formula is C22H16ClFN4O2. The summed E-state index contributed by atoms with van der Waals surface area (Å²) >= 11 is 5.92. The van der Waals surface area contributed by atoms with Crippen LogP contribution in [0.3, 0.4) is 0 Å². The lowest BCUT2D eigenvalue weighted by atomic mass is 10.1. The number of nitrogens with zero attached hydrogens (tertiary/aromatic N) is 3. The molecule has 0 saturated heterocycles. The second kappa shape index (κ2) is 8.04. The molecule has 0 amide bonds. The second-order valence-corrected chi connectivity index (χ2v) is 6.95. The van der Waals surface area contributed by atoms with E-state index in [9.17, 15) is 14.3 Å². The Hall–Kier alpha value is -3.58. The highest BCUT2D eigenvalue weighted by Crippen LogP contribution is 2.34. The Kier molecular flexibility index (Phi) is 5.29. The van der Waals surface area contributed by atoms with Gasteiger partial charge in [0.15, 0.2) is 17.3 Å². The summed E-state index contributed by atoms with van der Waals surface area (Å²) in [6, 6.07) is 9.57. The zero-order valence-corrected chi connectivity index (χ0v) is 16.6. The van der Waals surface area contributed by atoms with Crippen molar-refractivity contribution in [2.24, 2.45) is 0 Å². The Bertz CT molecular complexity index is 1240. The van der Waals surface area contributed by atoms with E-state index in [1.165, 1.54) is 12.3 Å². The fourth-order valence-corrected chi connectivity index (χ4v) is 3.26. The van der Waals surface area contributed by atoms with Gasteiger partial charge in [0, 0.05) is 24.4 Å². The zero-order valence-electron chi connectivity index (χ0n) is 15.9. The molecule has 150 valence electrons. The van der Waals surface area contributed by atoms with Crippen LogP contribution in [-0.4, -0.2) is 25.8 Å². The van der Waals surface area contributed by atoms with Crippen molar-refractivity contribution in [1.82, 2.24) is 15.0 Å². The van der Waals surface area contributed by atoms with Crippen LogP contribution in [0, 0.1) is 5.82 Å². The lowest BCUT2D eigenvalue weighted by Crippen LogP contribution is -2.06. The van der Waals surface area contributed by atoms with Crippen molar-refractivity contribution in [3.8, 4) is 17.0 Å². The number of benzene rings is 1. The summed E-state index contributed by atoms with van der Waals surface area (Å²) in [5, 5.41) is 12.7. The van der Waals surface area contributed by atoms with Crippen molar-refractivity contribution in [2.75, 3.05) is 5.32 Å². The molecule has 2 N–H and O–H groups in total. The highest BCUT2D eigenvalue weighted by atomic mass is 35.5. The normalized spacial score (nSPS) is 10.9. The Morgan fingerprint density at radius 3 is 2.77 bits per heavy atom. The van der Waals surface area contributed by atoms with Crippen LogP contribution in [0.25, 0.3) is 22.3 Å². The van der Waals surface area contributed by atoms with Crippen molar-refractivity contribution < 1.29 is 14.3 Å². The molecule has 30 heavy (non-hydrogen) atoms. The number of ketones is 1. The topological polar surface area (TPSA) is 88.0 Å². The Morgan fingerprint density at radius 1 is 1.23 bits per heavy atom. The number of nitrogens with one attached hydrogen (secondary N) is 1. The molecule has 0 aliphatic heterocycles. The number of anilines is 2. The van der Waals surface area contributed by atoms with E-state index in [-0.39, 0.29) is 10.8 Å². The molecule has 0 radical (unpaired) electrons. The standard InChI is InChI=1S/C22H16ClFN4O2/c1-2-19(29)14-11-26-18-6-5-17(12-8-15(23)22(30)16(24)9-12)28-21(18)20(14)27-13-4-3-7-25-10-13/h3-11,30H,2H2,1H3,(H,26,27). The van der Waals surface area contributed by atoms with E-state index in [0.29, 0.717) is 45.6 Å². The molecule has 3 heterocycles. The lowest BCUT2D eigenvalue weighted by molar-refractivity contribution is 0.0988. The first-order valence-electron chi connectivity index (χ1n) is 9.16. The first kappa shape index (κ1) is 19.7. The number of fused-ring (bicyclic) bond motifs is 1. The van der Waals surface area contributed by atoms with Crippen molar-refractivity contribution in [2.45, 2.75) is 13.3 Å². The first-order valence-corrected chi connectivity index (χ1v) is 9.54. The Morgan fingerprint density at radius 2 is 2.07 bits per heavy atom. The second-order valence-electron chi connectivity index (χ2n) is 6.54. The summed E-state index contributed by atoms with van der Waals surface area (Å²) in [6.07, 6.45) is 5.09. The first-order chi connectivity index (χ1) is 14.5. The van der Waals surface area contributed by atoms with E-state index >= 15 is 0 Å². The molecule has 0 fully saturated rings. The number of halogens is 2. The average molecular weight is 423 g/mol. The maximum absolute atomic E-state index is 14.0. The molecule has 6 nitrogen and oxygen atoms in total. The molecule has 1 aromatic carbocycles. The number of phenols is 1. The van der Waals surface area contributed by atoms with E-state index in [1.54, 1.807) is 37.5 Å². The third kappa shape index (κ3) is 3.67. The Labute approximate surface area is 176 Å². The van der Waals surface area contributed by atoms with Gasteiger partial charge in [-0.05, 0) is 36.4 Å². The van der Waals surface area contributed by atoms with E-state index in [1.807, 2.05) is 6.07 Å². The number of aromatic nitrogens is 3. The van der Waals surface area contributed by atoms with Crippen LogP contribution < -0.4 is 5.32 Å². The van der Waals surface area contributed by atoms with Gasteiger partial charge in [0.05, 0.1) is 39.4 Å². The third-order valence-electron chi connectivity index (χ3n) is 4.58. The molecule has 0 spiro atoms. The summed E-state index contributed by atoms with van der Waals surface area (Å²) < 4.78 is 14.0. The van der Waals surface area contributed by atoms with Gasteiger partial charge in [0.2, 0.25) is 0 Å². The number of phenolic OH excluding ortho intramolecular Hbond substituents is 1. The molecular weight excluding hydrogens is 407 g/mol. The molecule has 0 atom stereocenters. The van der Waals surface area contributed by atoms with E-state index in [2.05, 4.69) is 20.3 Å². The smallest absolute Gasteiger partial charge is 0.170 e. The van der Waals surface area contributed by atoms with Gasteiger partial charge in [-0.1, -0.05) is 18.5 Å². The van der Waals surface area contributed by atoms with Gasteiger partial charge < -0.3 is 10.4 Å². The van der Waals surface area contributed by atoms with Gasteiger partial charge in [-0.15, -0.1) is 0 Å². The summed E-state index contributed by atoms with van der Waals surface area (Å²) in [4.78, 5) is 25.6. The highest BCUT2D eigenvalue weighted by molar-refractivity contribution is 6.32. The van der Waals surface area contributed by atoms with Crippen molar-refractivity contribution in [3.63, 3.8) is 0 Å². The van der Waals surface area contributed by atoms with Crippen LogP contribution in [0.4, 0.5) is 15.8 Å². The van der Waals surface area contributed by atoms with Crippen molar-refractivity contribution >= 4 is 39.8 Å². The van der Waals surface area contributed by atoms with Crippen LogP contribution in [0.5, 0.6) is 5.75 Å². The maximum atomic E-state index is 14.0. The van der Waals surface area contributed by atoms with Crippen LogP contribution in [0.2, 0.25) is 5.02 Å². The van der Waals surface area contributed by atoms with E-state index in [4.69, 9.17) is 11.6 Å². The summed E-state index contributed by atoms with van der Waals surface area (Å²) in [5.41, 5.74) is 3.38. The van der Waals surface area contributed by atoms with Crippen molar-refractivity contribution in [3.05, 3.63) is 71.4 Å². The van der Waals surface area contributed by atoms with E-state index < -0.39 is 11.6 Å². The third-order valence-corrected chi connectivity index (χ3v) is 4.87. The minimum atomic E-state index is -0.846. The number of hydrogen-bond acceptors (Lipinski definition) is 6. The quantitative estimate of drug-likeness (QED) is 0.411. The van der Waals surface area contributed by atoms with Gasteiger partial charge in [0.25, 0.3) is 0 Å². The number of carbonyl (C=O) groups is 1. The predicted molar refractivity (Wildman–Crippen MR) is 114 cm³/mol. The largest absolute Gasteiger partial charge is 0.504 e. The van der Waals surface area contributed by atoms with Crippen LogP contribution in [-0.2, 0) is 0 Å². The number of rotatable bonds is 5. The number of carbonyl (C=O) groups excluding carboxylic acids is 1. The fourth-order valence-electron chi connectivity index (χ4n) is 3.05.